The molecule has 2 heterocycles. The van der Waals surface area contributed by atoms with Crippen LogP contribution in [0.25, 0.3) is 0 Å². The predicted molar refractivity (Wildman–Crippen MR) is 102 cm³/mol. The second kappa shape index (κ2) is 8.18. The highest BCUT2D eigenvalue weighted by Crippen LogP contribution is 2.33. The lowest BCUT2D eigenvalue weighted by Crippen LogP contribution is -2.37. The van der Waals surface area contributed by atoms with Gasteiger partial charge in [0.25, 0.3) is 0 Å². The van der Waals surface area contributed by atoms with Crippen LogP contribution in [0.2, 0.25) is 0 Å². The number of benzene rings is 1. The molecular formula is C20H30N4O2. The summed E-state index contributed by atoms with van der Waals surface area (Å²) >= 11 is 0. The molecule has 6 nitrogen and oxygen atoms in total. The van der Waals surface area contributed by atoms with Gasteiger partial charge in [-0.15, -0.1) is 0 Å². The van der Waals surface area contributed by atoms with E-state index in [2.05, 4.69) is 17.0 Å². The van der Waals surface area contributed by atoms with Crippen molar-refractivity contribution in [3.8, 4) is 0 Å². The number of hydrogen-bond donors (Lipinski definition) is 1. The number of carbonyl (C=O) groups excluding carboxylic acids is 2. The lowest BCUT2D eigenvalue weighted by molar-refractivity contribution is -0.135. The maximum absolute atomic E-state index is 13.0. The van der Waals surface area contributed by atoms with Crippen molar-refractivity contribution >= 4 is 11.8 Å². The first-order chi connectivity index (χ1) is 12.5. The van der Waals surface area contributed by atoms with Gasteiger partial charge < -0.3 is 20.4 Å². The third-order valence-corrected chi connectivity index (χ3v) is 5.66. The number of amides is 2. The Balaban J connectivity index is 1.63. The number of nitrogens with zero attached hydrogens (tertiary/aromatic N) is 3. The van der Waals surface area contributed by atoms with Gasteiger partial charge in [-0.2, -0.15) is 0 Å². The van der Waals surface area contributed by atoms with Crippen molar-refractivity contribution in [2.75, 3.05) is 53.4 Å². The molecule has 2 aliphatic rings. The summed E-state index contributed by atoms with van der Waals surface area (Å²) in [5, 5.41) is 0. The molecule has 2 fully saturated rings. The van der Waals surface area contributed by atoms with Crippen LogP contribution < -0.4 is 5.73 Å². The van der Waals surface area contributed by atoms with Crippen molar-refractivity contribution in [2.24, 2.45) is 17.6 Å². The molecule has 0 aliphatic carbocycles. The van der Waals surface area contributed by atoms with E-state index in [9.17, 15) is 9.59 Å². The molecule has 2 aliphatic heterocycles. The smallest absolute Gasteiger partial charge is 0.228 e. The first kappa shape index (κ1) is 18.9. The third kappa shape index (κ3) is 4.07. The standard InChI is InChI=1S/C20H30N4O2/c1-22(2)8-9-23-12-16(10-19(23)25)20(26)24-13-17(11-21)18(14-24)15-6-4-3-5-7-15/h3-7,16-18H,8-14,21H2,1-2H3/t16?,17-,18+/m1/s1. The highest BCUT2D eigenvalue weighted by Gasteiger charge is 2.41. The van der Waals surface area contributed by atoms with Crippen LogP contribution in [0.1, 0.15) is 17.9 Å². The normalized spacial score (nSPS) is 26.2. The van der Waals surface area contributed by atoms with Crippen molar-refractivity contribution in [1.82, 2.24) is 14.7 Å². The monoisotopic (exact) mass is 358 g/mol. The molecule has 2 N–H and O–H groups in total. The van der Waals surface area contributed by atoms with Crippen LogP contribution >= 0.6 is 0 Å². The summed E-state index contributed by atoms with van der Waals surface area (Å²) in [7, 11) is 3.98. The topological polar surface area (TPSA) is 69.9 Å². The van der Waals surface area contributed by atoms with Crippen molar-refractivity contribution < 1.29 is 9.59 Å². The maximum atomic E-state index is 13.0. The maximum Gasteiger partial charge on any atom is 0.228 e. The number of rotatable bonds is 6. The molecule has 0 saturated carbocycles. The zero-order valence-corrected chi connectivity index (χ0v) is 15.8. The number of likely N-dealkylation sites (N-methyl/N-ethyl adjacent to an activating group) is 1. The number of likely N-dealkylation sites (tertiary alicyclic amines) is 2. The van der Waals surface area contributed by atoms with Gasteiger partial charge in [-0.05, 0) is 32.1 Å². The zero-order chi connectivity index (χ0) is 18.7. The second-order valence-corrected chi connectivity index (χ2v) is 7.80. The molecule has 1 aromatic rings. The molecule has 3 atom stereocenters. The Bertz CT molecular complexity index is 634. The summed E-state index contributed by atoms with van der Waals surface area (Å²) in [4.78, 5) is 31.1. The number of carbonyl (C=O) groups is 2. The average Bonchev–Trinajstić information content (AvgIpc) is 3.23. The largest absolute Gasteiger partial charge is 0.341 e. The van der Waals surface area contributed by atoms with Gasteiger partial charge in [0.05, 0.1) is 5.92 Å². The van der Waals surface area contributed by atoms with Crippen LogP contribution in [0.4, 0.5) is 0 Å². The van der Waals surface area contributed by atoms with Gasteiger partial charge >= 0.3 is 0 Å². The molecule has 2 saturated heterocycles. The van der Waals surface area contributed by atoms with Gasteiger partial charge in [-0.25, -0.2) is 0 Å². The molecule has 0 aromatic heterocycles. The molecule has 6 heteroatoms. The van der Waals surface area contributed by atoms with Gasteiger partial charge in [-0.3, -0.25) is 9.59 Å². The Hall–Kier alpha value is -1.92. The van der Waals surface area contributed by atoms with Gasteiger partial charge in [0.2, 0.25) is 11.8 Å². The molecular weight excluding hydrogens is 328 g/mol. The summed E-state index contributed by atoms with van der Waals surface area (Å²) in [5.74, 6) is 0.565. The SMILES string of the molecule is CN(C)CCN1CC(C(=O)N2C[C@@H](CN)[C@H](c3ccccc3)C2)CC1=O. The van der Waals surface area contributed by atoms with Gasteiger partial charge in [0.15, 0.2) is 0 Å². The van der Waals surface area contributed by atoms with E-state index in [4.69, 9.17) is 5.73 Å². The molecule has 0 radical (unpaired) electrons. The molecule has 0 bridgehead atoms. The fraction of sp³-hybridized carbons (Fsp3) is 0.600. The average molecular weight is 358 g/mol. The highest BCUT2D eigenvalue weighted by molar-refractivity contribution is 5.89. The summed E-state index contributed by atoms with van der Waals surface area (Å²) in [6.45, 7) is 4.02. The van der Waals surface area contributed by atoms with Crippen LogP contribution in [0.15, 0.2) is 30.3 Å². The number of hydrogen-bond acceptors (Lipinski definition) is 4. The van der Waals surface area contributed by atoms with Crippen LogP contribution in [0.5, 0.6) is 0 Å². The minimum absolute atomic E-state index is 0.0966. The molecule has 142 valence electrons. The fourth-order valence-electron chi connectivity index (χ4n) is 4.10. The van der Waals surface area contributed by atoms with E-state index in [1.807, 2.05) is 42.1 Å². The van der Waals surface area contributed by atoms with Gasteiger partial charge in [0, 0.05) is 45.1 Å². The molecule has 0 spiro atoms. The van der Waals surface area contributed by atoms with E-state index >= 15 is 0 Å². The zero-order valence-electron chi connectivity index (χ0n) is 15.8. The molecule has 1 unspecified atom stereocenters. The summed E-state index contributed by atoms with van der Waals surface area (Å²) < 4.78 is 0. The molecule has 26 heavy (non-hydrogen) atoms. The van der Waals surface area contributed by atoms with Gasteiger partial charge in [-0.1, -0.05) is 30.3 Å². The minimum atomic E-state index is -0.211. The Morgan fingerprint density at radius 3 is 2.58 bits per heavy atom. The molecule has 3 rings (SSSR count). The van der Waals surface area contributed by atoms with Crippen molar-refractivity contribution in [2.45, 2.75) is 12.3 Å². The highest BCUT2D eigenvalue weighted by atomic mass is 16.2. The molecule has 1 aromatic carbocycles. The summed E-state index contributed by atoms with van der Waals surface area (Å²) in [6.07, 6.45) is 0.339. The first-order valence-electron chi connectivity index (χ1n) is 9.46. The van der Waals surface area contributed by atoms with Crippen LogP contribution in [-0.4, -0.2) is 79.9 Å². The predicted octanol–water partition coefficient (Wildman–Crippen LogP) is 0.597. The van der Waals surface area contributed by atoms with Crippen molar-refractivity contribution in [3.05, 3.63) is 35.9 Å². The third-order valence-electron chi connectivity index (χ3n) is 5.66. The lowest BCUT2D eigenvalue weighted by atomic mass is 9.89. The summed E-state index contributed by atoms with van der Waals surface area (Å²) in [5.41, 5.74) is 7.23. The van der Waals surface area contributed by atoms with E-state index < -0.39 is 0 Å². The fourth-order valence-corrected chi connectivity index (χ4v) is 4.10. The Kier molecular flexibility index (Phi) is 5.94. The van der Waals surface area contributed by atoms with Crippen molar-refractivity contribution in [3.63, 3.8) is 0 Å². The van der Waals surface area contributed by atoms with Gasteiger partial charge in [0.1, 0.15) is 0 Å². The Labute approximate surface area is 155 Å². The van der Waals surface area contributed by atoms with Crippen molar-refractivity contribution in [1.29, 1.82) is 0 Å². The Morgan fingerprint density at radius 2 is 1.92 bits per heavy atom. The van der Waals surface area contributed by atoms with Crippen LogP contribution in [0, 0.1) is 11.8 Å². The van der Waals surface area contributed by atoms with E-state index in [1.165, 1.54) is 5.56 Å². The Morgan fingerprint density at radius 1 is 1.19 bits per heavy atom. The molecule has 2 amide bonds. The van der Waals surface area contributed by atoms with E-state index in [0.717, 1.165) is 6.54 Å². The summed E-state index contributed by atoms with van der Waals surface area (Å²) in [6, 6.07) is 10.3. The van der Waals surface area contributed by atoms with Crippen LogP contribution in [-0.2, 0) is 9.59 Å². The lowest BCUT2D eigenvalue weighted by Gasteiger charge is -2.22. The quantitative estimate of drug-likeness (QED) is 0.808. The van der Waals surface area contributed by atoms with E-state index in [1.54, 1.807) is 0 Å². The first-order valence-corrected chi connectivity index (χ1v) is 9.46. The van der Waals surface area contributed by atoms with E-state index in [0.29, 0.717) is 39.1 Å². The van der Waals surface area contributed by atoms with Crippen LogP contribution in [0.3, 0.4) is 0 Å². The second-order valence-electron chi connectivity index (χ2n) is 7.80. The minimum Gasteiger partial charge on any atom is -0.341 e. The van der Waals surface area contributed by atoms with E-state index in [-0.39, 0.29) is 29.6 Å². The number of nitrogens with two attached hydrogens (primary N) is 1.